The van der Waals surface area contributed by atoms with E-state index in [0.717, 1.165) is 16.8 Å². The zero-order chi connectivity index (χ0) is 14.0. The zero-order valence-corrected chi connectivity index (χ0v) is 13.4. The largest absolute Gasteiger partial charge is 0.508 e. The third-order valence-corrected chi connectivity index (χ3v) is 3.99. The highest BCUT2D eigenvalue weighted by Gasteiger charge is 2.06. The number of hydrogen-bond acceptors (Lipinski definition) is 3. The van der Waals surface area contributed by atoms with E-state index >= 15 is 0 Å². The summed E-state index contributed by atoms with van der Waals surface area (Å²) in [7, 11) is 0. The molecule has 0 saturated heterocycles. The molecule has 3 N–H and O–H groups in total. The Bertz CT molecular complexity index is 591. The molecule has 0 spiro atoms. The molecule has 0 aliphatic rings. The molecule has 0 aliphatic carbocycles. The Balaban J connectivity index is 2.12. The molecule has 5 heteroatoms. The minimum atomic E-state index is 0.191. The standard InChI is InChI=1S/C14H13Br2NO2/c1-8-2-3-10(6-13(8)18)17-7-9-4-11(15)14(19)12(16)5-9/h2-6,17-19H,7H2,1H3. The molecule has 2 rings (SSSR count). The number of aryl methyl sites for hydroxylation is 1. The van der Waals surface area contributed by atoms with Gasteiger partial charge in [0.1, 0.15) is 11.5 Å². The molecule has 0 atom stereocenters. The molecular weight excluding hydrogens is 374 g/mol. The molecule has 100 valence electrons. The van der Waals surface area contributed by atoms with Crippen LogP contribution in [0, 0.1) is 6.92 Å². The fourth-order valence-corrected chi connectivity index (χ4v) is 2.92. The molecule has 0 radical (unpaired) electrons. The normalized spacial score (nSPS) is 10.5. The molecule has 0 bridgehead atoms. The van der Waals surface area contributed by atoms with Gasteiger partial charge in [0.2, 0.25) is 0 Å². The van der Waals surface area contributed by atoms with Crippen molar-refractivity contribution in [3.63, 3.8) is 0 Å². The number of anilines is 1. The van der Waals surface area contributed by atoms with Crippen molar-refractivity contribution in [1.82, 2.24) is 0 Å². The summed E-state index contributed by atoms with van der Waals surface area (Å²) in [4.78, 5) is 0. The number of hydrogen-bond donors (Lipinski definition) is 3. The second-order valence-corrected chi connectivity index (χ2v) is 5.97. The molecule has 0 aromatic heterocycles. The molecular formula is C14H13Br2NO2. The Kier molecular flexibility index (Phi) is 4.37. The van der Waals surface area contributed by atoms with Gasteiger partial charge in [-0.05, 0) is 68.1 Å². The number of phenolic OH excluding ortho intramolecular Hbond substituents is 2. The molecule has 0 aliphatic heterocycles. The van der Waals surface area contributed by atoms with E-state index in [0.29, 0.717) is 15.5 Å². The maximum absolute atomic E-state index is 9.64. The monoisotopic (exact) mass is 385 g/mol. The van der Waals surface area contributed by atoms with E-state index in [1.54, 1.807) is 6.07 Å². The van der Waals surface area contributed by atoms with Gasteiger partial charge in [0.15, 0.2) is 0 Å². The van der Waals surface area contributed by atoms with E-state index in [-0.39, 0.29) is 11.5 Å². The van der Waals surface area contributed by atoms with Crippen LogP contribution in [-0.2, 0) is 6.54 Å². The van der Waals surface area contributed by atoms with Gasteiger partial charge in [-0.2, -0.15) is 0 Å². The van der Waals surface area contributed by atoms with Crippen molar-refractivity contribution in [1.29, 1.82) is 0 Å². The van der Waals surface area contributed by atoms with E-state index in [9.17, 15) is 10.2 Å². The van der Waals surface area contributed by atoms with E-state index < -0.39 is 0 Å². The molecule has 19 heavy (non-hydrogen) atoms. The topological polar surface area (TPSA) is 52.5 Å². The maximum atomic E-state index is 9.64. The van der Waals surface area contributed by atoms with Crippen molar-refractivity contribution < 1.29 is 10.2 Å². The minimum Gasteiger partial charge on any atom is -0.508 e. The van der Waals surface area contributed by atoms with Crippen LogP contribution in [0.25, 0.3) is 0 Å². The molecule has 2 aromatic rings. The van der Waals surface area contributed by atoms with Crippen molar-refractivity contribution in [2.75, 3.05) is 5.32 Å². The second kappa shape index (κ2) is 5.84. The molecule has 0 unspecified atom stereocenters. The van der Waals surface area contributed by atoms with Crippen LogP contribution in [0.2, 0.25) is 0 Å². The van der Waals surface area contributed by atoms with Crippen LogP contribution in [0.3, 0.4) is 0 Å². The quantitative estimate of drug-likeness (QED) is 0.725. The van der Waals surface area contributed by atoms with Crippen molar-refractivity contribution in [2.24, 2.45) is 0 Å². The molecule has 0 saturated carbocycles. The lowest BCUT2D eigenvalue weighted by molar-refractivity contribution is 0.468. The van der Waals surface area contributed by atoms with Crippen LogP contribution in [0.5, 0.6) is 11.5 Å². The van der Waals surface area contributed by atoms with Crippen LogP contribution >= 0.6 is 31.9 Å². The predicted octanol–water partition coefficient (Wildman–Crippen LogP) is 4.54. The number of halogens is 2. The Morgan fingerprint density at radius 3 is 2.26 bits per heavy atom. The van der Waals surface area contributed by atoms with Crippen molar-refractivity contribution in [3.8, 4) is 11.5 Å². The van der Waals surface area contributed by atoms with E-state index in [1.807, 2.05) is 31.2 Å². The number of phenols is 2. The predicted molar refractivity (Wildman–Crippen MR) is 83.7 cm³/mol. The first kappa shape index (κ1) is 14.2. The number of benzene rings is 2. The first-order valence-corrected chi connectivity index (χ1v) is 7.26. The van der Waals surface area contributed by atoms with Crippen LogP contribution in [0.15, 0.2) is 39.3 Å². The van der Waals surface area contributed by atoms with Gasteiger partial charge in [0.05, 0.1) is 8.95 Å². The number of rotatable bonds is 3. The summed E-state index contributed by atoms with van der Waals surface area (Å²) in [6.45, 7) is 2.45. The molecule has 2 aromatic carbocycles. The summed E-state index contributed by atoms with van der Waals surface area (Å²) in [5.74, 6) is 0.467. The average Bonchev–Trinajstić information content (AvgIpc) is 2.37. The Labute approximate surface area is 128 Å². The third-order valence-electron chi connectivity index (χ3n) is 2.78. The van der Waals surface area contributed by atoms with Gasteiger partial charge in [-0.1, -0.05) is 6.07 Å². The second-order valence-electron chi connectivity index (χ2n) is 4.26. The fourth-order valence-electron chi connectivity index (χ4n) is 1.64. The highest BCUT2D eigenvalue weighted by atomic mass is 79.9. The summed E-state index contributed by atoms with van der Waals surface area (Å²) in [5, 5.41) is 22.5. The molecule has 0 heterocycles. The SMILES string of the molecule is Cc1ccc(NCc2cc(Br)c(O)c(Br)c2)cc1O. The van der Waals surface area contributed by atoms with Gasteiger partial charge < -0.3 is 15.5 Å². The summed E-state index contributed by atoms with van der Waals surface area (Å²) >= 11 is 6.59. The van der Waals surface area contributed by atoms with Gasteiger partial charge >= 0.3 is 0 Å². The van der Waals surface area contributed by atoms with Crippen LogP contribution < -0.4 is 5.32 Å². The summed E-state index contributed by atoms with van der Waals surface area (Å²) in [6, 6.07) is 9.17. The highest BCUT2D eigenvalue weighted by molar-refractivity contribution is 9.11. The molecule has 3 nitrogen and oxygen atoms in total. The van der Waals surface area contributed by atoms with E-state index in [2.05, 4.69) is 37.2 Å². The van der Waals surface area contributed by atoms with Gasteiger partial charge in [0.25, 0.3) is 0 Å². The summed E-state index contributed by atoms with van der Waals surface area (Å²) < 4.78 is 1.29. The van der Waals surface area contributed by atoms with Crippen molar-refractivity contribution in [3.05, 3.63) is 50.4 Å². The van der Waals surface area contributed by atoms with Crippen LogP contribution in [-0.4, -0.2) is 10.2 Å². The van der Waals surface area contributed by atoms with Crippen molar-refractivity contribution in [2.45, 2.75) is 13.5 Å². The zero-order valence-electron chi connectivity index (χ0n) is 10.2. The number of aromatic hydroxyl groups is 2. The van der Waals surface area contributed by atoms with Crippen LogP contribution in [0.4, 0.5) is 5.69 Å². The van der Waals surface area contributed by atoms with Crippen molar-refractivity contribution >= 4 is 37.5 Å². The van der Waals surface area contributed by atoms with Crippen LogP contribution in [0.1, 0.15) is 11.1 Å². The lowest BCUT2D eigenvalue weighted by atomic mass is 10.2. The smallest absolute Gasteiger partial charge is 0.143 e. The summed E-state index contributed by atoms with van der Waals surface area (Å²) in [5.41, 5.74) is 2.71. The highest BCUT2D eigenvalue weighted by Crippen LogP contribution is 2.33. The molecule has 0 fully saturated rings. The lowest BCUT2D eigenvalue weighted by Gasteiger charge is -2.10. The van der Waals surface area contributed by atoms with E-state index in [1.165, 1.54) is 0 Å². The average molecular weight is 387 g/mol. The maximum Gasteiger partial charge on any atom is 0.143 e. The Morgan fingerprint density at radius 1 is 1.05 bits per heavy atom. The lowest BCUT2D eigenvalue weighted by Crippen LogP contribution is -1.99. The van der Waals surface area contributed by atoms with Gasteiger partial charge in [0, 0.05) is 18.3 Å². The summed E-state index contributed by atoms with van der Waals surface area (Å²) in [6.07, 6.45) is 0. The van der Waals surface area contributed by atoms with Gasteiger partial charge in [-0.15, -0.1) is 0 Å². The van der Waals surface area contributed by atoms with Gasteiger partial charge in [-0.25, -0.2) is 0 Å². The Hall–Kier alpha value is -1.20. The van der Waals surface area contributed by atoms with E-state index in [4.69, 9.17) is 0 Å². The minimum absolute atomic E-state index is 0.191. The Morgan fingerprint density at radius 2 is 1.68 bits per heavy atom. The van der Waals surface area contributed by atoms with Gasteiger partial charge in [-0.3, -0.25) is 0 Å². The fraction of sp³-hybridized carbons (Fsp3) is 0.143. The first-order valence-electron chi connectivity index (χ1n) is 5.68. The first-order chi connectivity index (χ1) is 8.97. The third kappa shape index (κ3) is 3.42. The molecule has 0 amide bonds. The number of nitrogens with one attached hydrogen (secondary N) is 1.